The lowest BCUT2D eigenvalue weighted by atomic mass is 10.2. The first kappa shape index (κ1) is 13.7. The van der Waals surface area contributed by atoms with Gasteiger partial charge in [0.05, 0.1) is 10.9 Å². The molecule has 0 unspecified atom stereocenters. The summed E-state index contributed by atoms with van der Waals surface area (Å²) < 4.78 is 7.66. The molecule has 0 atom stereocenters. The van der Waals surface area contributed by atoms with E-state index < -0.39 is 0 Å². The van der Waals surface area contributed by atoms with Crippen molar-refractivity contribution >= 4 is 49.4 Å². The molecule has 2 aromatic heterocycles. The van der Waals surface area contributed by atoms with Crippen molar-refractivity contribution in [1.29, 1.82) is 0 Å². The highest BCUT2D eigenvalue weighted by molar-refractivity contribution is 14.1. The Hall–Kier alpha value is -1.28. The molecule has 0 radical (unpaired) electrons. The minimum atomic E-state index is 0.528. The zero-order valence-corrected chi connectivity index (χ0v) is 14.2. The zero-order chi connectivity index (χ0) is 14.1. The predicted molar refractivity (Wildman–Crippen MR) is 89.0 cm³/mol. The van der Waals surface area contributed by atoms with Gasteiger partial charge in [0.25, 0.3) is 0 Å². The van der Waals surface area contributed by atoms with E-state index in [1.54, 1.807) is 0 Å². The highest BCUT2D eigenvalue weighted by atomic mass is 127. The second kappa shape index (κ2) is 5.61. The lowest BCUT2D eigenvalue weighted by Crippen LogP contribution is -1.95. The summed E-state index contributed by atoms with van der Waals surface area (Å²) in [5.41, 5.74) is 1.80. The molecule has 0 fully saturated rings. The summed E-state index contributed by atoms with van der Waals surface area (Å²) in [7, 11) is 0. The van der Waals surface area contributed by atoms with E-state index in [9.17, 15) is 0 Å². The van der Waals surface area contributed by atoms with Gasteiger partial charge in [0.1, 0.15) is 10.0 Å². The van der Waals surface area contributed by atoms with Gasteiger partial charge >= 0.3 is 0 Å². The Labute approximate surface area is 137 Å². The Morgan fingerprint density at radius 1 is 1.15 bits per heavy atom. The normalized spacial score (nSPS) is 10.8. The molecule has 0 aliphatic rings. The van der Waals surface area contributed by atoms with Crippen LogP contribution < -0.4 is 4.74 Å². The molecule has 3 rings (SSSR count). The maximum Gasteiger partial charge on any atom is 0.230 e. The van der Waals surface area contributed by atoms with E-state index in [1.165, 1.54) is 6.33 Å². The summed E-state index contributed by atoms with van der Waals surface area (Å²) in [6, 6.07) is 9.62. The second-order valence-corrected chi connectivity index (χ2v) is 6.12. The van der Waals surface area contributed by atoms with Crippen molar-refractivity contribution in [2.45, 2.75) is 6.92 Å². The quantitative estimate of drug-likeness (QED) is 0.434. The molecule has 0 aliphatic heterocycles. The van der Waals surface area contributed by atoms with E-state index in [2.05, 4.69) is 53.5 Å². The molecular weight excluding hydrogens is 433 g/mol. The average Bonchev–Trinajstić information content (AvgIpc) is 2.42. The van der Waals surface area contributed by atoms with E-state index in [-0.39, 0.29) is 0 Å². The van der Waals surface area contributed by atoms with Gasteiger partial charge in [-0.3, -0.25) is 0 Å². The molecule has 6 heteroatoms. The van der Waals surface area contributed by atoms with Gasteiger partial charge in [-0.25, -0.2) is 15.0 Å². The number of hydrogen-bond acceptors (Lipinski definition) is 4. The van der Waals surface area contributed by atoms with Crippen LogP contribution in [0.4, 0.5) is 0 Å². The van der Waals surface area contributed by atoms with Crippen LogP contribution in [0.2, 0.25) is 0 Å². The summed E-state index contributed by atoms with van der Waals surface area (Å²) in [5, 5.41) is 0.859. The number of halogens is 2. The Morgan fingerprint density at radius 2 is 2.00 bits per heavy atom. The molecule has 4 nitrogen and oxygen atoms in total. The van der Waals surface area contributed by atoms with Crippen molar-refractivity contribution in [2.24, 2.45) is 0 Å². The summed E-state index contributed by atoms with van der Waals surface area (Å²) >= 11 is 5.61. The van der Waals surface area contributed by atoms with Crippen LogP contribution in [0.15, 0.2) is 41.1 Å². The standard InChI is InChI=1S/C14H9BrIN3O/c1-8-2-5-12(13(16)19-8)20-14-10-6-9(15)3-4-11(10)17-7-18-14/h2-7H,1H3. The Morgan fingerprint density at radius 3 is 2.80 bits per heavy atom. The third-order valence-electron chi connectivity index (χ3n) is 2.72. The van der Waals surface area contributed by atoms with Crippen LogP contribution in [0.3, 0.4) is 0 Å². The number of aromatic nitrogens is 3. The van der Waals surface area contributed by atoms with E-state index in [0.717, 1.165) is 24.8 Å². The largest absolute Gasteiger partial charge is 0.435 e. The molecule has 100 valence electrons. The van der Waals surface area contributed by atoms with Crippen molar-refractivity contribution < 1.29 is 4.74 Å². The second-order valence-electron chi connectivity index (χ2n) is 4.18. The fraction of sp³-hybridized carbons (Fsp3) is 0.0714. The number of fused-ring (bicyclic) bond motifs is 1. The van der Waals surface area contributed by atoms with E-state index in [1.807, 2.05) is 37.3 Å². The Kier molecular flexibility index (Phi) is 3.84. The molecule has 0 saturated heterocycles. The zero-order valence-electron chi connectivity index (χ0n) is 10.5. The molecule has 0 spiro atoms. The number of pyridine rings is 1. The first-order valence-electron chi connectivity index (χ1n) is 5.85. The first-order valence-corrected chi connectivity index (χ1v) is 7.72. The van der Waals surface area contributed by atoms with Crippen molar-refractivity contribution in [3.8, 4) is 11.6 Å². The van der Waals surface area contributed by atoms with Gasteiger partial charge < -0.3 is 4.74 Å². The van der Waals surface area contributed by atoms with Gasteiger partial charge in [-0.05, 0) is 59.8 Å². The molecule has 1 aromatic carbocycles. The molecule has 2 heterocycles. The van der Waals surface area contributed by atoms with E-state index in [0.29, 0.717) is 11.6 Å². The number of hydrogen-bond donors (Lipinski definition) is 0. The minimum absolute atomic E-state index is 0.528. The number of ether oxygens (including phenoxy) is 1. The van der Waals surface area contributed by atoms with Crippen molar-refractivity contribution in [2.75, 3.05) is 0 Å². The van der Waals surface area contributed by atoms with Crippen molar-refractivity contribution in [1.82, 2.24) is 15.0 Å². The van der Waals surface area contributed by atoms with Crippen LogP contribution in [-0.4, -0.2) is 15.0 Å². The highest BCUT2D eigenvalue weighted by Gasteiger charge is 2.09. The van der Waals surface area contributed by atoms with Crippen LogP contribution in [0, 0.1) is 10.6 Å². The summed E-state index contributed by atoms with van der Waals surface area (Å²) in [5.74, 6) is 1.22. The maximum atomic E-state index is 5.89. The summed E-state index contributed by atoms with van der Waals surface area (Å²) in [6.07, 6.45) is 1.50. The minimum Gasteiger partial charge on any atom is -0.435 e. The SMILES string of the molecule is Cc1ccc(Oc2ncnc3ccc(Br)cc23)c(I)n1. The van der Waals surface area contributed by atoms with Crippen molar-refractivity contribution in [3.63, 3.8) is 0 Å². The Balaban J connectivity index is 2.08. The van der Waals surface area contributed by atoms with Crippen LogP contribution in [0.5, 0.6) is 11.6 Å². The van der Waals surface area contributed by atoms with E-state index in [4.69, 9.17) is 4.74 Å². The van der Waals surface area contributed by atoms with Gasteiger partial charge in [0.15, 0.2) is 5.75 Å². The molecule has 0 amide bonds. The molecule has 0 saturated carbocycles. The molecule has 3 aromatic rings. The molecule has 20 heavy (non-hydrogen) atoms. The van der Waals surface area contributed by atoms with Gasteiger partial charge in [-0.1, -0.05) is 15.9 Å². The fourth-order valence-corrected chi connectivity index (χ4v) is 2.81. The van der Waals surface area contributed by atoms with Gasteiger partial charge in [-0.15, -0.1) is 0 Å². The predicted octanol–water partition coefficient (Wildman–Crippen LogP) is 4.49. The summed E-state index contributed by atoms with van der Waals surface area (Å²) in [4.78, 5) is 12.8. The number of nitrogens with zero attached hydrogens (tertiary/aromatic N) is 3. The van der Waals surface area contributed by atoms with E-state index >= 15 is 0 Å². The first-order chi connectivity index (χ1) is 9.63. The van der Waals surface area contributed by atoms with Crippen molar-refractivity contribution in [3.05, 3.63) is 50.5 Å². The van der Waals surface area contributed by atoms with Gasteiger partial charge in [-0.2, -0.15) is 0 Å². The van der Waals surface area contributed by atoms with Crippen LogP contribution in [0.25, 0.3) is 10.9 Å². The lowest BCUT2D eigenvalue weighted by molar-refractivity contribution is 0.461. The smallest absolute Gasteiger partial charge is 0.230 e. The van der Waals surface area contributed by atoms with Crippen LogP contribution in [-0.2, 0) is 0 Å². The van der Waals surface area contributed by atoms with Gasteiger partial charge in [0.2, 0.25) is 5.88 Å². The topological polar surface area (TPSA) is 47.9 Å². The third-order valence-corrected chi connectivity index (χ3v) is 3.99. The summed E-state index contributed by atoms with van der Waals surface area (Å²) in [6.45, 7) is 1.95. The number of aryl methyl sites for hydroxylation is 1. The van der Waals surface area contributed by atoms with Crippen LogP contribution >= 0.6 is 38.5 Å². The van der Waals surface area contributed by atoms with Crippen LogP contribution in [0.1, 0.15) is 5.69 Å². The Bertz CT molecular complexity index is 794. The fourth-order valence-electron chi connectivity index (χ4n) is 1.78. The molecular formula is C14H9BrIN3O. The maximum absolute atomic E-state index is 5.89. The number of rotatable bonds is 2. The monoisotopic (exact) mass is 441 g/mol. The number of benzene rings is 1. The average molecular weight is 442 g/mol. The highest BCUT2D eigenvalue weighted by Crippen LogP contribution is 2.30. The molecule has 0 N–H and O–H groups in total. The molecule has 0 aliphatic carbocycles. The lowest BCUT2D eigenvalue weighted by Gasteiger charge is -2.09. The third kappa shape index (κ3) is 2.76. The molecule has 0 bridgehead atoms. The van der Waals surface area contributed by atoms with Gasteiger partial charge in [0, 0.05) is 10.2 Å².